The van der Waals surface area contributed by atoms with Gasteiger partial charge in [-0.25, -0.2) is 0 Å². The number of ether oxygens (including phenoxy) is 2. The summed E-state index contributed by atoms with van der Waals surface area (Å²) < 4.78 is 10.4. The number of aliphatic hydroxyl groups is 1. The number of aliphatic hydroxyl groups excluding tert-OH is 1. The van der Waals surface area contributed by atoms with Crippen molar-refractivity contribution in [1.82, 2.24) is 0 Å². The molecule has 4 nitrogen and oxygen atoms in total. The van der Waals surface area contributed by atoms with Gasteiger partial charge in [0.15, 0.2) is 0 Å². The summed E-state index contributed by atoms with van der Waals surface area (Å²) in [5.74, 6) is 1.50. The second kappa shape index (κ2) is 6.30. The smallest absolute Gasteiger partial charge is 0.124 e. The molecule has 1 atom stereocenters. The molecule has 0 radical (unpaired) electrons. The Morgan fingerprint density at radius 1 is 1.00 bits per heavy atom. The van der Waals surface area contributed by atoms with Crippen LogP contribution in [0, 0.1) is 0 Å². The van der Waals surface area contributed by atoms with E-state index in [0.29, 0.717) is 23.5 Å². The second-order valence-corrected chi connectivity index (χ2v) is 4.49. The summed E-state index contributed by atoms with van der Waals surface area (Å²) in [5.41, 5.74) is 1.61. The fraction of sp³-hybridized carbons (Fsp3) is 0.250. The number of methoxy groups -OCH3 is 2. The van der Waals surface area contributed by atoms with E-state index in [1.165, 1.54) is 0 Å². The molecule has 0 saturated heterocycles. The number of aromatic hydroxyl groups is 1. The molecule has 0 spiro atoms. The highest BCUT2D eigenvalue weighted by Crippen LogP contribution is 2.31. The predicted octanol–water partition coefficient (Wildman–Crippen LogP) is 2.69. The van der Waals surface area contributed by atoms with Gasteiger partial charge in [-0.2, -0.15) is 0 Å². The summed E-state index contributed by atoms with van der Waals surface area (Å²) in [6, 6.07) is 12.1. The maximum Gasteiger partial charge on any atom is 0.124 e. The highest BCUT2D eigenvalue weighted by Gasteiger charge is 2.15. The molecule has 20 heavy (non-hydrogen) atoms. The van der Waals surface area contributed by atoms with Gasteiger partial charge in [0.1, 0.15) is 17.2 Å². The zero-order valence-electron chi connectivity index (χ0n) is 11.5. The largest absolute Gasteiger partial charge is 0.508 e. The molecule has 2 N–H and O–H groups in total. The first-order valence-electron chi connectivity index (χ1n) is 6.32. The van der Waals surface area contributed by atoms with E-state index in [4.69, 9.17) is 9.47 Å². The Morgan fingerprint density at radius 3 is 2.30 bits per heavy atom. The van der Waals surface area contributed by atoms with Crippen LogP contribution in [0.2, 0.25) is 0 Å². The summed E-state index contributed by atoms with van der Waals surface area (Å²) in [6.45, 7) is 0. The number of phenolic OH excluding ortho intramolecular Hbond substituents is 1. The van der Waals surface area contributed by atoms with Crippen molar-refractivity contribution >= 4 is 0 Å². The van der Waals surface area contributed by atoms with E-state index in [9.17, 15) is 10.2 Å². The van der Waals surface area contributed by atoms with Gasteiger partial charge in [0.25, 0.3) is 0 Å². The number of benzene rings is 2. The summed E-state index contributed by atoms with van der Waals surface area (Å²) in [6.07, 6.45) is -0.270. The lowest BCUT2D eigenvalue weighted by Crippen LogP contribution is -2.04. The lowest BCUT2D eigenvalue weighted by molar-refractivity contribution is 0.173. The lowest BCUT2D eigenvalue weighted by Gasteiger charge is -2.16. The Kier molecular flexibility index (Phi) is 4.48. The Hall–Kier alpha value is -2.20. The Morgan fingerprint density at radius 2 is 1.70 bits per heavy atom. The van der Waals surface area contributed by atoms with Gasteiger partial charge in [-0.05, 0) is 35.9 Å². The lowest BCUT2D eigenvalue weighted by atomic mass is 10.0. The van der Waals surface area contributed by atoms with Gasteiger partial charge in [0.05, 0.1) is 20.3 Å². The Balaban J connectivity index is 2.23. The van der Waals surface area contributed by atoms with Crippen LogP contribution >= 0.6 is 0 Å². The third kappa shape index (κ3) is 3.22. The third-order valence-electron chi connectivity index (χ3n) is 3.16. The van der Waals surface area contributed by atoms with Crippen molar-refractivity contribution in [3.63, 3.8) is 0 Å². The summed E-state index contributed by atoms with van der Waals surface area (Å²) in [5, 5.41) is 19.6. The van der Waals surface area contributed by atoms with Crippen molar-refractivity contribution in [3.05, 3.63) is 53.6 Å². The van der Waals surface area contributed by atoms with E-state index in [0.717, 1.165) is 5.56 Å². The first-order valence-corrected chi connectivity index (χ1v) is 6.32. The highest BCUT2D eigenvalue weighted by atomic mass is 16.5. The number of rotatable bonds is 5. The molecule has 0 aliphatic carbocycles. The molecule has 2 rings (SSSR count). The van der Waals surface area contributed by atoms with Crippen LogP contribution in [-0.4, -0.2) is 24.4 Å². The van der Waals surface area contributed by atoms with Crippen molar-refractivity contribution < 1.29 is 19.7 Å². The molecule has 0 aliphatic rings. The molecular weight excluding hydrogens is 256 g/mol. The quantitative estimate of drug-likeness (QED) is 0.880. The number of hydrogen-bond donors (Lipinski definition) is 2. The molecule has 0 fully saturated rings. The van der Waals surface area contributed by atoms with E-state index >= 15 is 0 Å². The summed E-state index contributed by atoms with van der Waals surface area (Å²) in [7, 11) is 3.15. The van der Waals surface area contributed by atoms with Gasteiger partial charge in [0, 0.05) is 12.0 Å². The second-order valence-electron chi connectivity index (χ2n) is 4.49. The normalized spacial score (nSPS) is 11.9. The molecule has 0 aromatic heterocycles. The van der Waals surface area contributed by atoms with Crippen LogP contribution in [0.25, 0.3) is 0 Å². The van der Waals surface area contributed by atoms with Crippen LogP contribution < -0.4 is 9.47 Å². The molecule has 0 heterocycles. The fourth-order valence-corrected chi connectivity index (χ4v) is 2.07. The molecule has 2 aromatic rings. The first kappa shape index (κ1) is 14.2. The SMILES string of the molecule is COc1ccc(OC)c(C(O)Cc2ccc(O)cc2)c1. The van der Waals surface area contributed by atoms with Gasteiger partial charge in [0.2, 0.25) is 0 Å². The molecule has 106 valence electrons. The van der Waals surface area contributed by atoms with E-state index in [1.54, 1.807) is 56.7 Å². The first-order chi connectivity index (χ1) is 9.63. The van der Waals surface area contributed by atoms with Crippen molar-refractivity contribution in [2.24, 2.45) is 0 Å². The van der Waals surface area contributed by atoms with Crippen molar-refractivity contribution in [2.45, 2.75) is 12.5 Å². The molecule has 0 saturated carbocycles. The molecular formula is C16H18O4. The number of phenols is 1. The monoisotopic (exact) mass is 274 g/mol. The molecule has 1 unspecified atom stereocenters. The van der Waals surface area contributed by atoms with Crippen molar-refractivity contribution in [1.29, 1.82) is 0 Å². The maximum absolute atomic E-state index is 10.4. The van der Waals surface area contributed by atoms with Gasteiger partial charge in [-0.3, -0.25) is 0 Å². The minimum absolute atomic E-state index is 0.210. The average Bonchev–Trinajstić information content (AvgIpc) is 2.48. The van der Waals surface area contributed by atoms with E-state index < -0.39 is 6.10 Å². The van der Waals surface area contributed by atoms with Crippen LogP contribution in [0.1, 0.15) is 17.2 Å². The standard InChI is InChI=1S/C16H18O4/c1-19-13-7-8-16(20-2)14(10-13)15(18)9-11-3-5-12(17)6-4-11/h3-8,10,15,17-18H,9H2,1-2H3. The minimum atomic E-state index is -0.704. The topological polar surface area (TPSA) is 58.9 Å². The minimum Gasteiger partial charge on any atom is -0.508 e. The van der Waals surface area contributed by atoms with E-state index in [2.05, 4.69) is 0 Å². The van der Waals surface area contributed by atoms with E-state index in [-0.39, 0.29) is 5.75 Å². The molecule has 0 amide bonds. The molecule has 2 aromatic carbocycles. The predicted molar refractivity (Wildman–Crippen MR) is 76.3 cm³/mol. The molecule has 0 aliphatic heterocycles. The van der Waals surface area contributed by atoms with E-state index in [1.807, 2.05) is 0 Å². The van der Waals surface area contributed by atoms with Crippen molar-refractivity contribution in [3.8, 4) is 17.2 Å². The van der Waals surface area contributed by atoms with Crippen LogP contribution in [0.5, 0.6) is 17.2 Å². The van der Waals surface area contributed by atoms with Crippen molar-refractivity contribution in [2.75, 3.05) is 14.2 Å². The maximum atomic E-state index is 10.4. The zero-order chi connectivity index (χ0) is 14.5. The Labute approximate surface area is 118 Å². The molecule has 4 heteroatoms. The van der Waals surface area contributed by atoms with Gasteiger partial charge in [-0.1, -0.05) is 12.1 Å². The van der Waals surface area contributed by atoms with Crippen LogP contribution in [0.4, 0.5) is 0 Å². The summed E-state index contributed by atoms with van der Waals surface area (Å²) in [4.78, 5) is 0. The fourth-order valence-electron chi connectivity index (χ4n) is 2.07. The van der Waals surface area contributed by atoms with Crippen LogP contribution in [0.3, 0.4) is 0 Å². The molecule has 0 bridgehead atoms. The van der Waals surface area contributed by atoms with Crippen LogP contribution in [-0.2, 0) is 6.42 Å². The van der Waals surface area contributed by atoms with Crippen LogP contribution in [0.15, 0.2) is 42.5 Å². The van der Waals surface area contributed by atoms with Gasteiger partial charge >= 0.3 is 0 Å². The average molecular weight is 274 g/mol. The van der Waals surface area contributed by atoms with Gasteiger partial charge < -0.3 is 19.7 Å². The number of hydrogen-bond acceptors (Lipinski definition) is 4. The third-order valence-corrected chi connectivity index (χ3v) is 3.16. The Bertz CT molecular complexity index is 563. The zero-order valence-corrected chi connectivity index (χ0v) is 11.5. The highest BCUT2D eigenvalue weighted by molar-refractivity contribution is 5.42. The summed E-state index contributed by atoms with van der Waals surface area (Å²) >= 11 is 0. The van der Waals surface area contributed by atoms with Gasteiger partial charge in [-0.15, -0.1) is 0 Å².